The number of benzene rings is 1. The molecule has 0 bridgehead atoms. The Morgan fingerprint density at radius 1 is 1.37 bits per heavy atom. The van der Waals surface area contributed by atoms with Gasteiger partial charge >= 0.3 is 5.97 Å². The number of methoxy groups -OCH3 is 1. The van der Waals surface area contributed by atoms with Gasteiger partial charge in [-0.2, -0.15) is 0 Å². The molecule has 1 aromatic carbocycles. The third-order valence-corrected chi connectivity index (χ3v) is 2.64. The highest BCUT2D eigenvalue weighted by Gasteiger charge is 2.31. The third-order valence-electron chi connectivity index (χ3n) is 2.64. The molecule has 0 radical (unpaired) electrons. The summed E-state index contributed by atoms with van der Waals surface area (Å²) in [4.78, 5) is 22.6. The van der Waals surface area contributed by atoms with Crippen molar-refractivity contribution in [2.45, 2.75) is 18.6 Å². The van der Waals surface area contributed by atoms with E-state index in [1.807, 2.05) is 6.07 Å². The number of carbonyl (C=O) groups is 2. The summed E-state index contributed by atoms with van der Waals surface area (Å²) in [5.74, 6) is -1.91. The lowest BCUT2D eigenvalue weighted by atomic mass is 10.1. The zero-order valence-corrected chi connectivity index (χ0v) is 10.8. The van der Waals surface area contributed by atoms with Gasteiger partial charge in [-0.1, -0.05) is 30.3 Å². The van der Waals surface area contributed by atoms with Crippen LogP contribution < -0.4 is 5.32 Å². The molecule has 0 aliphatic carbocycles. The van der Waals surface area contributed by atoms with Crippen molar-refractivity contribution in [2.75, 3.05) is 13.7 Å². The zero-order valence-electron chi connectivity index (χ0n) is 10.8. The van der Waals surface area contributed by atoms with E-state index < -0.39 is 30.1 Å². The lowest BCUT2D eigenvalue weighted by Gasteiger charge is -2.21. The number of ether oxygens (including phenoxy) is 1. The highest BCUT2D eigenvalue weighted by Crippen LogP contribution is 2.16. The van der Waals surface area contributed by atoms with Gasteiger partial charge < -0.3 is 20.3 Å². The van der Waals surface area contributed by atoms with Crippen molar-refractivity contribution in [3.8, 4) is 0 Å². The second kappa shape index (κ2) is 6.31. The van der Waals surface area contributed by atoms with E-state index >= 15 is 0 Å². The maximum atomic E-state index is 11.9. The minimum absolute atomic E-state index is 0.395. The molecule has 1 rings (SSSR count). The quantitative estimate of drug-likeness (QED) is 0.690. The minimum atomic E-state index is -2.01. The number of hydrogen-bond donors (Lipinski definition) is 3. The smallest absolute Gasteiger partial charge is 0.337 e. The van der Waals surface area contributed by atoms with E-state index in [-0.39, 0.29) is 0 Å². The van der Waals surface area contributed by atoms with Crippen LogP contribution in [0.1, 0.15) is 18.6 Å². The van der Waals surface area contributed by atoms with Crippen LogP contribution >= 0.6 is 0 Å². The fourth-order valence-electron chi connectivity index (χ4n) is 1.45. The summed E-state index contributed by atoms with van der Waals surface area (Å²) in [5, 5.41) is 20.6. The van der Waals surface area contributed by atoms with E-state index in [1.54, 1.807) is 24.3 Å². The fourth-order valence-corrected chi connectivity index (χ4v) is 1.45. The van der Waals surface area contributed by atoms with Crippen LogP contribution in [0.2, 0.25) is 0 Å². The van der Waals surface area contributed by atoms with Crippen molar-refractivity contribution in [2.24, 2.45) is 0 Å². The molecule has 6 heteroatoms. The van der Waals surface area contributed by atoms with Gasteiger partial charge in [0.25, 0.3) is 5.91 Å². The summed E-state index contributed by atoms with van der Waals surface area (Å²) in [7, 11) is 1.38. The molecule has 19 heavy (non-hydrogen) atoms. The molecule has 1 aromatic rings. The third kappa shape index (κ3) is 4.04. The normalized spacial score (nSPS) is 15.3. The van der Waals surface area contributed by atoms with Crippen LogP contribution in [0.5, 0.6) is 0 Å². The van der Waals surface area contributed by atoms with Gasteiger partial charge in [0.2, 0.25) is 0 Å². The predicted octanol–water partition coefficient (Wildman–Crippen LogP) is 0.326. The fraction of sp³-hybridized carbons (Fsp3) is 0.385. The van der Waals surface area contributed by atoms with Crippen molar-refractivity contribution in [3.63, 3.8) is 0 Å². The number of carboxylic acids is 1. The Bertz CT molecular complexity index is 444. The molecule has 0 spiro atoms. The number of aliphatic hydroxyl groups is 1. The summed E-state index contributed by atoms with van der Waals surface area (Å²) in [6.45, 7) is 0.716. The van der Waals surface area contributed by atoms with Gasteiger partial charge in [-0.3, -0.25) is 4.79 Å². The van der Waals surface area contributed by atoms with Crippen LogP contribution in [0.4, 0.5) is 0 Å². The summed E-state index contributed by atoms with van der Waals surface area (Å²) in [6, 6.07) is 8.79. The number of carboxylic acid groups (broad SMARTS) is 1. The molecule has 6 nitrogen and oxygen atoms in total. The Labute approximate surface area is 111 Å². The second-order valence-electron chi connectivity index (χ2n) is 4.32. The van der Waals surface area contributed by atoms with Gasteiger partial charge in [-0.25, -0.2) is 4.79 Å². The second-order valence-corrected chi connectivity index (χ2v) is 4.32. The van der Waals surface area contributed by atoms with Gasteiger partial charge in [0, 0.05) is 7.11 Å². The van der Waals surface area contributed by atoms with E-state index in [2.05, 4.69) is 5.32 Å². The van der Waals surface area contributed by atoms with Crippen LogP contribution in [-0.2, 0) is 14.3 Å². The first-order valence-corrected chi connectivity index (χ1v) is 5.69. The van der Waals surface area contributed by atoms with Crippen LogP contribution in [0.3, 0.4) is 0 Å². The SMILES string of the molecule is COC(C(=O)NCC(C)(O)C(=O)O)c1ccccc1. The maximum Gasteiger partial charge on any atom is 0.337 e. The number of aliphatic carboxylic acids is 1. The summed E-state index contributed by atoms with van der Waals surface area (Å²) >= 11 is 0. The molecule has 0 heterocycles. The van der Waals surface area contributed by atoms with E-state index in [4.69, 9.17) is 9.84 Å². The summed E-state index contributed by atoms with van der Waals surface area (Å²) in [5.41, 5.74) is -1.36. The van der Waals surface area contributed by atoms with E-state index in [9.17, 15) is 14.7 Å². The highest BCUT2D eigenvalue weighted by molar-refractivity contribution is 5.83. The molecule has 104 valence electrons. The van der Waals surface area contributed by atoms with Crippen molar-refractivity contribution in [1.82, 2.24) is 5.32 Å². The van der Waals surface area contributed by atoms with Crippen molar-refractivity contribution < 1.29 is 24.5 Å². The van der Waals surface area contributed by atoms with E-state index in [0.29, 0.717) is 5.56 Å². The molecule has 0 aliphatic heterocycles. The average molecular weight is 267 g/mol. The van der Waals surface area contributed by atoms with Crippen molar-refractivity contribution in [3.05, 3.63) is 35.9 Å². The monoisotopic (exact) mass is 267 g/mol. The molecular weight excluding hydrogens is 250 g/mol. The van der Waals surface area contributed by atoms with Crippen LogP contribution in [0.25, 0.3) is 0 Å². The first-order chi connectivity index (χ1) is 8.88. The summed E-state index contributed by atoms with van der Waals surface area (Å²) in [6.07, 6.45) is -0.842. The Morgan fingerprint density at radius 2 is 1.95 bits per heavy atom. The molecule has 1 amide bonds. The molecular formula is C13H17NO5. The number of hydrogen-bond acceptors (Lipinski definition) is 4. The van der Waals surface area contributed by atoms with Crippen LogP contribution in [0.15, 0.2) is 30.3 Å². The standard InChI is InChI=1S/C13H17NO5/c1-13(18,12(16)17)8-14-11(15)10(19-2)9-6-4-3-5-7-9/h3-7,10,18H,8H2,1-2H3,(H,14,15)(H,16,17). The van der Waals surface area contributed by atoms with Crippen LogP contribution in [0, 0.1) is 0 Å². The molecule has 0 fully saturated rings. The molecule has 2 unspecified atom stereocenters. The lowest BCUT2D eigenvalue weighted by molar-refractivity contribution is -0.156. The predicted molar refractivity (Wildman–Crippen MR) is 67.5 cm³/mol. The van der Waals surface area contributed by atoms with Gasteiger partial charge in [-0.05, 0) is 12.5 Å². The van der Waals surface area contributed by atoms with Gasteiger partial charge in [0.15, 0.2) is 11.7 Å². The number of nitrogens with one attached hydrogen (secondary N) is 1. The molecule has 2 atom stereocenters. The topological polar surface area (TPSA) is 95.9 Å². The van der Waals surface area contributed by atoms with E-state index in [1.165, 1.54) is 7.11 Å². The zero-order chi connectivity index (χ0) is 14.5. The Morgan fingerprint density at radius 3 is 2.42 bits per heavy atom. The van der Waals surface area contributed by atoms with E-state index in [0.717, 1.165) is 6.92 Å². The molecule has 3 N–H and O–H groups in total. The van der Waals surface area contributed by atoms with Crippen molar-refractivity contribution >= 4 is 11.9 Å². The molecule has 0 aliphatic rings. The summed E-state index contributed by atoms with van der Waals surface area (Å²) < 4.78 is 5.08. The highest BCUT2D eigenvalue weighted by atomic mass is 16.5. The average Bonchev–Trinajstić information content (AvgIpc) is 2.38. The maximum absolute atomic E-state index is 11.9. The minimum Gasteiger partial charge on any atom is -0.479 e. The lowest BCUT2D eigenvalue weighted by Crippen LogP contribution is -2.47. The largest absolute Gasteiger partial charge is 0.479 e. The first kappa shape index (κ1) is 15.1. The van der Waals surface area contributed by atoms with Crippen molar-refractivity contribution in [1.29, 1.82) is 0 Å². The van der Waals surface area contributed by atoms with Crippen LogP contribution in [-0.4, -0.2) is 41.3 Å². The Hall–Kier alpha value is -1.92. The van der Waals surface area contributed by atoms with Gasteiger partial charge in [0.1, 0.15) is 0 Å². The van der Waals surface area contributed by atoms with Gasteiger partial charge in [-0.15, -0.1) is 0 Å². The van der Waals surface area contributed by atoms with Gasteiger partial charge in [0.05, 0.1) is 6.54 Å². The number of rotatable bonds is 6. The first-order valence-electron chi connectivity index (χ1n) is 5.69. The Kier molecular flexibility index (Phi) is 5.02. The molecule has 0 saturated carbocycles. The Balaban J connectivity index is 2.69. The number of amides is 1. The molecule has 0 aromatic heterocycles. The number of carbonyl (C=O) groups excluding carboxylic acids is 1. The molecule has 0 saturated heterocycles.